The van der Waals surface area contributed by atoms with Crippen molar-refractivity contribution < 1.29 is 4.79 Å². The fraction of sp³-hybridized carbons (Fsp3) is 0.588. The van der Waals surface area contributed by atoms with Gasteiger partial charge in [-0.05, 0) is 32.9 Å². The third-order valence-electron chi connectivity index (χ3n) is 4.20. The number of hydrogen-bond donors (Lipinski definition) is 0. The van der Waals surface area contributed by atoms with E-state index in [1.165, 1.54) is 0 Å². The molecule has 0 saturated carbocycles. The molecule has 2 rings (SSSR count). The SMILES string of the molecule is CN(C(=O)CN1CCN(C(C)(C)C)CC1)c1ccccc1. The first kappa shape index (κ1) is 16.0. The van der Waals surface area contributed by atoms with Crippen LogP contribution >= 0.6 is 0 Å². The summed E-state index contributed by atoms with van der Waals surface area (Å²) >= 11 is 0. The van der Waals surface area contributed by atoms with Crippen LogP contribution in [0.15, 0.2) is 30.3 Å². The molecule has 1 aliphatic heterocycles. The number of hydrogen-bond acceptors (Lipinski definition) is 3. The number of piperazine rings is 1. The zero-order chi connectivity index (χ0) is 15.5. The van der Waals surface area contributed by atoms with Crippen LogP contribution in [0.2, 0.25) is 0 Å². The van der Waals surface area contributed by atoms with Gasteiger partial charge in [-0.15, -0.1) is 0 Å². The summed E-state index contributed by atoms with van der Waals surface area (Å²) < 4.78 is 0. The third kappa shape index (κ3) is 4.29. The van der Waals surface area contributed by atoms with Crippen LogP contribution in [0.3, 0.4) is 0 Å². The number of benzene rings is 1. The van der Waals surface area contributed by atoms with Gasteiger partial charge in [0.2, 0.25) is 5.91 Å². The molecule has 1 fully saturated rings. The maximum absolute atomic E-state index is 12.4. The van der Waals surface area contributed by atoms with Crippen molar-refractivity contribution in [2.24, 2.45) is 0 Å². The molecule has 21 heavy (non-hydrogen) atoms. The van der Waals surface area contributed by atoms with E-state index in [0.29, 0.717) is 6.54 Å². The van der Waals surface area contributed by atoms with Gasteiger partial charge in [0.1, 0.15) is 0 Å². The van der Waals surface area contributed by atoms with E-state index in [1.807, 2.05) is 37.4 Å². The maximum Gasteiger partial charge on any atom is 0.240 e. The second kappa shape index (κ2) is 6.58. The lowest BCUT2D eigenvalue weighted by Crippen LogP contribution is -2.54. The minimum Gasteiger partial charge on any atom is -0.314 e. The molecule has 0 N–H and O–H groups in total. The normalized spacial score (nSPS) is 17.7. The minimum atomic E-state index is 0.158. The van der Waals surface area contributed by atoms with Gasteiger partial charge in [-0.3, -0.25) is 14.6 Å². The molecule has 4 nitrogen and oxygen atoms in total. The molecule has 1 saturated heterocycles. The smallest absolute Gasteiger partial charge is 0.240 e. The van der Waals surface area contributed by atoms with Crippen molar-refractivity contribution in [2.75, 3.05) is 44.7 Å². The second-order valence-electron chi connectivity index (χ2n) is 6.72. The van der Waals surface area contributed by atoms with Crippen molar-refractivity contribution in [3.05, 3.63) is 30.3 Å². The number of carbonyl (C=O) groups excluding carboxylic acids is 1. The predicted octanol–water partition coefficient (Wildman–Crippen LogP) is 2.07. The van der Waals surface area contributed by atoms with E-state index in [0.717, 1.165) is 31.9 Å². The first-order valence-electron chi connectivity index (χ1n) is 7.67. The second-order valence-corrected chi connectivity index (χ2v) is 6.72. The van der Waals surface area contributed by atoms with Crippen molar-refractivity contribution in [1.82, 2.24) is 9.80 Å². The van der Waals surface area contributed by atoms with Gasteiger partial charge in [-0.2, -0.15) is 0 Å². The van der Waals surface area contributed by atoms with Crippen LogP contribution < -0.4 is 4.90 Å². The van der Waals surface area contributed by atoms with Crippen LogP contribution in [-0.2, 0) is 4.79 Å². The number of amides is 1. The Morgan fingerprint density at radius 3 is 2.19 bits per heavy atom. The molecule has 0 aliphatic carbocycles. The summed E-state index contributed by atoms with van der Waals surface area (Å²) in [7, 11) is 1.85. The first-order valence-corrected chi connectivity index (χ1v) is 7.67. The highest BCUT2D eigenvalue weighted by Gasteiger charge is 2.27. The molecule has 116 valence electrons. The highest BCUT2D eigenvalue weighted by Crippen LogP contribution is 2.16. The molecule has 1 aromatic carbocycles. The van der Waals surface area contributed by atoms with Crippen molar-refractivity contribution in [2.45, 2.75) is 26.3 Å². The van der Waals surface area contributed by atoms with Crippen molar-refractivity contribution >= 4 is 11.6 Å². The van der Waals surface area contributed by atoms with Gasteiger partial charge in [0, 0.05) is 44.5 Å². The number of nitrogens with zero attached hydrogens (tertiary/aromatic N) is 3. The van der Waals surface area contributed by atoms with Crippen molar-refractivity contribution in [3.63, 3.8) is 0 Å². The Bertz CT molecular complexity index is 459. The topological polar surface area (TPSA) is 26.8 Å². The molecule has 0 spiro atoms. The lowest BCUT2D eigenvalue weighted by atomic mass is 10.1. The van der Waals surface area contributed by atoms with Crippen LogP contribution in [0.25, 0.3) is 0 Å². The van der Waals surface area contributed by atoms with Crippen molar-refractivity contribution in [3.8, 4) is 0 Å². The zero-order valence-electron chi connectivity index (χ0n) is 13.7. The fourth-order valence-electron chi connectivity index (χ4n) is 2.67. The van der Waals surface area contributed by atoms with Crippen molar-refractivity contribution in [1.29, 1.82) is 0 Å². The summed E-state index contributed by atoms with van der Waals surface area (Å²) in [5, 5.41) is 0. The maximum atomic E-state index is 12.4. The number of para-hydroxylation sites is 1. The van der Waals surface area contributed by atoms with Crippen LogP contribution in [0.4, 0.5) is 5.69 Å². The third-order valence-corrected chi connectivity index (χ3v) is 4.20. The lowest BCUT2D eigenvalue weighted by molar-refractivity contribution is -0.120. The molecule has 1 amide bonds. The van der Waals surface area contributed by atoms with E-state index in [9.17, 15) is 4.79 Å². The van der Waals surface area contributed by atoms with E-state index >= 15 is 0 Å². The fourth-order valence-corrected chi connectivity index (χ4v) is 2.67. The Hall–Kier alpha value is -1.39. The molecule has 1 heterocycles. The van der Waals surface area contributed by atoms with Gasteiger partial charge >= 0.3 is 0 Å². The summed E-state index contributed by atoms with van der Waals surface area (Å²) in [5.74, 6) is 0.158. The predicted molar refractivity (Wildman–Crippen MR) is 87.6 cm³/mol. The van der Waals surface area contributed by atoms with Crippen LogP contribution in [0, 0.1) is 0 Å². The van der Waals surface area contributed by atoms with E-state index in [4.69, 9.17) is 0 Å². The van der Waals surface area contributed by atoms with Gasteiger partial charge < -0.3 is 4.90 Å². The summed E-state index contributed by atoms with van der Waals surface area (Å²) in [6.45, 7) is 11.2. The molecular weight excluding hydrogens is 262 g/mol. The van der Waals surface area contributed by atoms with Gasteiger partial charge in [0.25, 0.3) is 0 Å². The van der Waals surface area contributed by atoms with E-state index in [2.05, 4.69) is 30.6 Å². The summed E-state index contributed by atoms with van der Waals surface area (Å²) in [6, 6.07) is 9.82. The highest BCUT2D eigenvalue weighted by atomic mass is 16.2. The number of rotatable bonds is 3. The number of likely N-dealkylation sites (N-methyl/N-ethyl adjacent to an activating group) is 1. The highest BCUT2D eigenvalue weighted by molar-refractivity contribution is 5.94. The largest absolute Gasteiger partial charge is 0.314 e. The van der Waals surface area contributed by atoms with E-state index in [1.54, 1.807) is 4.90 Å². The molecular formula is C17H27N3O. The molecule has 0 aromatic heterocycles. The Labute approximate surface area is 128 Å². The molecule has 0 radical (unpaired) electrons. The van der Waals surface area contributed by atoms with Crippen LogP contribution in [-0.4, -0.2) is 61.0 Å². The quantitative estimate of drug-likeness (QED) is 0.852. The molecule has 0 atom stereocenters. The van der Waals surface area contributed by atoms with Crippen LogP contribution in [0.5, 0.6) is 0 Å². The average Bonchev–Trinajstić information content (AvgIpc) is 2.47. The molecule has 1 aromatic rings. The Morgan fingerprint density at radius 2 is 1.67 bits per heavy atom. The van der Waals surface area contributed by atoms with Crippen LogP contribution in [0.1, 0.15) is 20.8 Å². The Balaban J connectivity index is 1.85. The molecule has 1 aliphatic rings. The Morgan fingerprint density at radius 1 is 1.10 bits per heavy atom. The average molecular weight is 289 g/mol. The molecule has 0 bridgehead atoms. The van der Waals surface area contributed by atoms with Gasteiger partial charge in [0.15, 0.2) is 0 Å². The van der Waals surface area contributed by atoms with Gasteiger partial charge in [-0.25, -0.2) is 0 Å². The number of carbonyl (C=O) groups is 1. The molecule has 0 unspecified atom stereocenters. The summed E-state index contributed by atoms with van der Waals surface area (Å²) in [4.78, 5) is 18.8. The monoisotopic (exact) mass is 289 g/mol. The van der Waals surface area contributed by atoms with Gasteiger partial charge in [-0.1, -0.05) is 18.2 Å². The van der Waals surface area contributed by atoms with E-state index in [-0.39, 0.29) is 11.4 Å². The lowest BCUT2D eigenvalue weighted by Gasteiger charge is -2.42. The standard InChI is InChI=1S/C17H27N3O/c1-17(2,3)20-12-10-19(11-13-20)14-16(21)18(4)15-8-6-5-7-9-15/h5-9H,10-14H2,1-4H3. The van der Waals surface area contributed by atoms with Gasteiger partial charge in [0.05, 0.1) is 6.54 Å². The number of anilines is 1. The minimum absolute atomic E-state index is 0.158. The summed E-state index contributed by atoms with van der Waals surface area (Å²) in [6.07, 6.45) is 0. The first-order chi connectivity index (χ1) is 9.88. The molecule has 4 heteroatoms. The Kier molecular flexibility index (Phi) is 5.01. The summed E-state index contributed by atoms with van der Waals surface area (Å²) in [5.41, 5.74) is 1.17. The van der Waals surface area contributed by atoms with E-state index < -0.39 is 0 Å². The zero-order valence-corrected chi connectivity index (χ0v) is 13.7.